The lowest BCUT2D eigenvalue weighted by molar-refractivity contribution is -0.126. The fourth-order valence-corrected chi connectivity index (χ4v) is 3.16. The molecule has 2 aromatic rings. The molecular formula is C22H26N2O5. The Morgan fingerprint density at radius 3 is 2.66 bits per heavy atom. The summed E-state index contributed by atoms with van der Waals surface area (Å²) in [7, 11) is 3.22. The summed E-state index contributed by atoms with van der Waals surface area (Å²) in [4.78, 5) is 24.8. The zero-order valence-corrected chi connectivity index (χ0v) is 16.7. The molecule has 0 radical (unpaired) electrons. The first kappa shape index (κ1) is 20.7. The van der Waals surface area contributed by atoms with Gasteiger partial charge in [-0.25, -0.2) is 0 Å². The van der Waals surface area contributed by atoms with Crippen LogP contribution in [-0.4, -0.2) is 45.8 Å². The average Bonchev–Trinajstić information content (AvgIpc) is 2.76. The molecule has 29 heavy (non-hydrogen) atoms. The van der Waals surface area contributed by atoms with Gasteiger partial charge < -0.3 is 24.8 Å². The first-order chi connectivity index (χ1) is 14.1. The molecule has 2 amide bonds. The van der Waals surface area contributed by atoms with Gasteiger partial charge in [-0.05, 0) is 60.9 Å². The summed E-state index contributed by atoms with van der Waals surface area (Å²) >= 11 is 0. The van der Waals surface area contributed by atoms with Crippen molar-refractivity contribution in [2.45, 2.75) is 12.8 Å². The molecule has 1 aliphatic rings. The van der Waals surface area contributed by atoms with Gasteiger partial charge in [0.1, 0.15) is 18.1 Å². The minimum absolute atomic E-state index is 0.0283. The number of anilines is 1. The Bertz CT molecular complexity index is 851. The van der Waals surface area contributed by atoms with E-state index >= 15 is 0 Å². The van der Waals surface area contributed by atoms with E-state index in [1.807, 2.05) is 12.1 Å². The van der Waals surface area contributed by atoms with Crippen LogP contribution in [0.15, 0.2) is 42.5 Å². The number of hydrogen-bond acceptors (Lipinski definition) is 5. The number of hydrogen-bond donors (Lipinski definition) is 2. The number of rotatable bonds is 8. The van der Waals surface area contributed by atoms with Crippen molar-refractivity contribution in [1.29, 1.82) is 0 Å². The van der Waals surface area contributed by atoms with Crippen LogP contribution in [0.4, 0.5) is 5.69 Å². The van der Waals surface area contributed by atoms with Crippen LogP contribution in [0.5, 0.6) is 11.5 Å². The van der Waals surface area contributed by atoms with Crippen LogP contribution in [-0.2, 0) is 16.0 Å². The largest absolute Gasteiger partial charge is 0.497 e. The Morgan fingerprint density at radius 2 is 1.93 bits per heavy atom. The molecular weight excluding hydrogens is 372 g/mol. The lowest BCUT2D eigenvalue weighted by Crippen LogP contribution is -2.38. The molecule has 3 rings (SSSR count). The van der Waals surface area contributed by atoms with Gasteiger partial charge in [0.2, 0.25) is 5.91 Å². The molecule has 0 saturated carbocycles. The van der Waals surface area contributed by atoms with Gasteiger partial charge >= 0.3 is 0 Å². The predicted octanol–water partition coefficient (Wildman–Crippen LogP) is 2.65. The Labute approximate surface area is 170 Å². The summed E-state index contributed by atoms with van der Waals surface area (Å²) in [5.41, 5.74) is 2.10. The first-order valence-electron chi connectivity index (χ1n) is 9.58. The van der Waals surface area contributed by atoms with Crippen molar-refractivity contribution in [1.82, 2.24) is 5.32 Å². The monoisotopic (exact) mass is 398 g/mol. The van der Waals surface area contributed by atoms with Gasteiger partial charge in [-0.3, -0.25) is 9.59 Å². The van der Waals surface area contributed by atoms with Gasteiger partial charge in [0.15, 0.2) is 0 Å². The van der Waals surface area contributed by atoms with E-state index in [4.69, 9.17) is 14.2 Å². The van der Waals surface area contributed by atoms with Crippen molar-refractivity contribution in [2.24, 2.45) is 5.92 Å². The molecule has 7 nitrogen and oxygen atoms in total. The second-order valence-corrected chi connectivity index (χ2v) is 6.85. The summed E-state index contributed by atoms with van der Waals surface area (Å²) in [6, 6.07) is 12.4. The number of ether oxygens (including phenoxy) is 3. The Hall–Kier alpha value is -3.06. The van der Waals surface area contributed by atoms with Gasteiger partial charge in [-0.15, -0.1) is 0 Å². The van der Waals surface area contributed by atoms with E-state index in [0.717, 1.165) is 17.7 Å². The topological polar surface area (TPSA) is 85.9 Å². The van der Waals surface area contributed by atoms with Crippen molar-refractivity contribution >= 4 is 17.5 Å². The molecule has 0 aliphatic carbocycles. The number of amides is 2. The quantitative estimate of drug-likeness (QED) is 0.668. The molecule has 0 fully saturated rings. The highest BCUT2D eigenvalue weighted by Gasteiger charge is 2.26. The highest BCUT2D eigenvalue weighted by molar-refractivity contribution is 6.04. The first-order valence-corrected chi connectivity index (χ1v) is 9.58. The standard InChI is InChI=1S/C22H26N2O5/c1-27-11-3-10-23-21(25)17-12-16-13-18(6-9-20(16)29-14-17)24-22(26)15-4-7-19(28-2)8-5-15/h4-9,13,17H,3,10-12,14H2,1-2H3,(H,23,25)(H,24,26)/t17-/m0/s1. The van der Waals surface area contributed by atoms with Crippen molar-refractivity contribution in [3.8, 4) is 11.5 Å². The maximum atomic E-state index is 12.5. The second-order valence-electron chi connectivity index (χ2n) is 6.85. The molecule has 2 aromatic carbocycles. The number of carbonyl (C=O) groups is 2. The normalized spacial score (nSPS) is 15.0. The molecule has 0 aromatic heterocycles. The smallest absolute Gasteiger partial charge is 0.255 e. The predicted molar refractivity (Wildman–Crippen MR) is 110 cm³/mol. The van der Waals surface area contributed by atoms with Gasteiger partial charge in [0.05, 0.1) is 13.0 Å². The molecule has 0 spiro atoms. The van der Waals surface area contributed by atoms with E-state index in [2.05, 4.69) is 10.6 Å². The van der Waals surface area contributed by atoms with Crippen LogP contribution in [0.2, 0.25) is 0 Å². The van der Waals surface area contributed by atoms with Gasteiger partial charge in [0.25, 0.3) is 5.91 Å². The third-order valence-corrected chi connectivity index (χ3v) is 4.77. The number of carbonyl (C=O) groups excluding carboxylic acids is 2. The van der Waals surface area contributed by atoms with Gasteiger partial charge in [-0.1, -0.05) is 0 Å². The van der Waals surface area contributed by atoms with Crippen LogP contribution in [0, 0.1) is 5.92 Å². The fourth-order valence-electron chi connectivity index (χ4n) is 3.16. The molecule has 1 aliphatic heterocycles. The molecule has 0 saturated heterocycles. The Balaban J connectivity index is 1.61. The summed E-state index contributed by atoms with van der Waals surface area (Å²) in [5.74, 6) is 0.948. The maximum absolute atomic E-state index is 12.5. The minimum Gasteiger partial charge on any atom is -0.497 e. The highest BCUT2D eigenvalue weighted by Crippen LogP contribution is 2.30. The second kappa shape index (κ2) is 9.93. The molecule has 2 N–H and O–H groups in total. The van der Waals surface area contributed by atoms with Crippen molar-refractivity contribution < 1.29 is 23.8 Å². The molecule has 1 heterocycles. The summed E-state index contributed by atoms with van der Waals surface area (Å²) in [5, 5.41) is 5.81. The lowest BCUT2D eigenvalue weighted by Gasteiger charge is -2.25. The van der Waals surface area contributed by atoms with Gasteiger partial charge in [0, 0.05) is 31.5 Å². The van der Waals surface area contributed by atoms with E-state index in [-0.39, 0.29) is 17.7 Å². The van der Waals surface area contributed by atoms with Crippen LogP contribution in [0.1, 0.15) is 22.3 Å². The number of methoxy groups -OCH3 is 2. The van der Waals surface area contributed by atoms with E-state index in [1.165, 1.54) is 0 Å². The maximum Gasteiger partial charge on any atom is 0.255 e. The molecule has 0 unspecified atom stereocenters. The summed E-state index contributed by atoms with van der Waals surface area (Å²) in [6.07, 6.45) is 1.34. The van der Waals surface area contributed by atoms with Crippen LogP contribution in [0.3, 0.4) is 0 Å². The number of nitrogens with one attached hydrogen (secondary N) is 2. The average molecular weight is 398 g/mol. The van der Waals surface area contributed by atoms with Crippen LogP contribution >= 0.6 is 0 Å². The molecule has 7 heteroatoms. The highest BCUT2D eigenvalue weighted by atomic mass is 16.5. The number of fused-ring (bicyclic) bond motifs is 1. The lowest BCUT2D eigenvalue weighted by atomic mass is 9.95. The minimum atomic E-state index is -0.252. The van der Waals surface area contributed by atoms with E-state index < -0.39 is 0 Å². The summed E-state index contributed by atoms with van der Waals surface area (Å²) in [6.45, 7) is 1.54. The molecule has 154 valence electrons. The van der Waals surface area contributed by atoms with E-state index in [9.17, 15) is 9.59 Å². The molecule has 1 atom stereocenters. The van der Waals surface area contributed by atoms with Crippen molar-refractivity contribution in [3.63, 3.8) is 0 Å². The third-order valence-electron chi connectivity index (χ3n) is 4.77. The summed E-state index contributed by atoms with van der Waals surface area (Å²) < 4.78 is 15.8. The van der Waals surface area contributed by atoms with E-state index in [0.29, 0.717) is 43.2 Å². The SMILES string of the molecule is COCCCNC(=O)[C@@H]1COc2ccc(NC(=O)c3ccc(OC)cc3)cc2C1. The van der Waals surface area contributed by atoms with Crippen LogP contribution in [0.25, 0.3) is 0 Å². The zero-order chi connectivity index (χ0) is 20.6. The van der Waals surface area contributed by atoms with E-state index in [1.54, 1.807) is 44.6 Å². The third kappa shape index (κ3) is 5.48. The van der Waals surface area contributed by atoms with Gasteiger partial charge in [-0.2, -0.15) is 0 Å². The van der Waals surface area contributed by atoms with Crippen LogP contribution < -0.4 is 20.1 Å². The zero-order valence-electron chi connectivity index (χ0n) is 16.7. The Kier molecular flexibility index (Phi) is 7.08. The fraction of sp³-hybridized carbons (Fsp3) is 0.364. The van der Waals surface area contributed by atoms with Crippen molar-refractivity contribution in [2.75, 3.05) is 39.3 Å². The number of benzene rings is 2. The molecule has 0 bridgehead atoms. The van der Waals surface area contributed by atoms with Crippen molar-refractivity contribution in [3.05, 3.63) is 53.6 Å². The Morgan fingerprint density at radius 1 is 1.14 bits per heavy atom.